The van der Waals surface area contributed by atoms with E-state index in [1.54, 1.807) is 7.11 Å². The van der Waals surface area contributed by atoms with Gasteiger partial charge in [-0.3, -0.25) is 0 Å². The zero-order valence-electron chi connectivity index (χ0n) is 12.8. The highest BCUT2D eigenvalue weighted by Crippen LogP contribution is 2.23. The van der Waals surface area contributed by atoms with Gasteiger partial charge in [0.1, 0.15) is 5.82 Å². The SMILES string of the molecule is CCCNCC1CCc2nc(CCCOC)ncc2C1. The van der Waals surface area contributed by atoms with E-state index in [-0.39, 0.29) is 0 Å². The van der Waals surface area contributed by atoms with Crippen LogP contribution in [0.1, 0.15) is 43.3 Å². The molecule has 1 N–H and O–H groups in total. The van der Waals surface area contributed by atoms with Crippen LogP contribution in [0, 0.1) is 5.92 Å². The second kappa shape index (κ2) is 8.32. The van der Waals surface area contributed by atoms with Gasteiger partial charge in [-0.25, -0.2) is 9.97 Å². The molecule has 1 aliphatic carbocycles. The van der Waals surface area contributed by atoms with Crippen molar-refractivity contribution < 1.29 is 4.74 Å². The molecule has 0 aliphatic heterocycles. The molecule has 0 bridgehead atoms. The van der Waals surface area contributed by atoms with Gasteiger partial charge in [0.15, 0.2) is 0 Å². The van der Waals surface area contributed by atoms with Crippen LogP contribution in [-0.4, -0.2) is 36.8 Å². The van der Waals surface area contributed by atoms with Crippen LogP contribution in [0.15, 0.2) is 6.20 Å². The van der Waals surface area contributed by atoms with Crippen LogP contribution >= 0.6 is 0 Å². The quantitative estimate of drug-likeness (QED) is 0.740. The van der Waals surface area contributed by atoms with Gasteiger partial charge in [0.05, 0.1) is 0 Å². The first kappa shape index (κ1) is 15.4. The average Bonchev–Trinajstić information content (AvgIpc) is 2.48. The van der Waals surface area contributed by atoms with Crippen molar-refractivity contribution in [3.05, 3.63) is 23.3 Å². The van der Waals surface area contributed by atoms with Crippen molar-refractivity contribution in [1.82, 2.24) is 15.3 Å². The molecule has 2 rings (SSSR count). The minimum atomic E-state index is 0.747. The molecule has 1 aliphatic rings. The Hall–Kier alpha value is -1.00. The number of hydrogen-bond donors (Lipinski definition) is 1. The van der Waals surface area contributed by atoms with Crippen LogP contribution in [0.5, 0.6) is 0 Å². The first-order chi connectivity index (χ1) is 9.83. The van der Waals surface area contributed by atoms with E-state index in [0.717, 1.165) is 57.1 Å². The minimum Gasteiger partial charge on any atom is -0.385 e. The van der Waals surface area contributed by atoms with Gasteiger partial charge in [-0.15, -0.1) is 0 Å². The van der Waals surface area contributed by atoms with E-state index < -0.39 is 0 Å². The van der Waals surface area contributed by atoms with Gasteiger partial charge in [0, 0.05) is 32.0 Å². The summed E-state index contributed by atoms with van der Waals surface area (Å²) in [5.74, 6) is 1.72. The van der Waals surface area contributed by atoms with Gasteiger partial charge in [-0.1, -0.05) is 6.92 Å². The molecule has 0 radical (unpaired) electrons. The molecular formula is C16H27N3O. The van der Waals surface area contributed by atoms with Crippen LogP contribution in [0.2, 0.25) is 0 Å². The van der Waals surface area contributed by atoms with Crippen LogP contribution in [-0.2, 0) is 24.0 Å². The van der Waals surface area contributed by atoms with Crippen LogP contribution in [0.4, 0.5) is 0 Å². The van der Waals surface area contributed by atoms with Gasteiger partial charge < -0.3 is 10.1 Å². The lowest BCUT2D eigenvalue weighted by Crippen LogP contribution is -2.28. The van der Waals surface area contributed by atoms with Crippen molar-refractivity contribution in [2.75, 3.05) is 26.8 Å². The van der Waals surface area contributed by atoms with E-state index in [4.69, 9.17) is 9.72 Å². The summed E-state index contributed by atoms with van der Waals surface area (Å²) >= 11 is 0. The van der Waals surface area contributed by atoms with Crippen molar-refractivity contribution in [1.29, 1.82) is 0 Å². The highest BCUT2D eigenvalue weighted by atomic mass is 16.5. The molecule has 1 aromatic heterocycles. The Morgan fingerprint density at radius 2 is 2.35 bits per heavy atom. The smallest absolute Gasteiger partial charge is 0.128 e. The number of nitrogens with zero attached hydrogens (tertiary/aromatic N) is 2. The van der Waals surface area contributed by atoms with Crippen molar-refractivity contribution in [3.63, 3.8) is 0 Å². The summed E-state index contributed by atoms with van der Waals surface area (Å²) in [5.41, 5.74) is 2.63. The van der Waals surface area contributed by atoms with E-state index >= 15 is 0 Å². The van der Waals surface area contributed by atoms with Gasteiger partial charge in [0.2, 0.25) is 0 Å². The zero-order valence-corrected chi connectivity index (χ0v) is 12.8. The number of aromatic nitrogens is 2. The van der Waals surface area contributed by atoms with Crippen molar-refractivity contribution in [2.24, 2.45) is 5.92 Å². The normalized spacial score (nSPS) is 18.0. The lowest BCUT2D eigenvalue weighted by Gasteiger charge is -2.24. The predicted molar refractivity (Wildman–Crippen MR) is 80.9 cm³/mol. The Morgan fingerprint density at radius 3 is 3.15 bits per heavy atom. The van der Waals surface area contributed by atoms with E-state index in [1.165, 1.54) is 24.1 Å². The topological polar surface area (TPSA) is 47.0 Å². The first-order valence-electron chi connectivity index (χ1n) is 7.86. The second-order valence-electron chi connectivity index (χ2n) is 5.67. The fourth-order valence-electron chi connectivity index (χ4n) is 2.78. The maximum atomic E-state index is 5.07. The number of aryl methyl sites for hydroxylation is 2. The van der Waals surface area contributed by atoms with Crippen LogP contribution in [0.25, 0.3) is 0 Å². The molecule has 0 saturated carbocycles. The summed E-state index contributed by atoms with van der Waals surface area (Å²) in [6, 6.07) is 0. The first-order valence-corrected chi connectivity index (χ1v) is 7.86. The molecule has 1 heterocycles. The Morgan fingerprint density at radius 1 is 1.45 bits per heavy atom. The third-order valence-electron chi connectivity index (χ3n) is 3.91. The van der Waals surface area contributed by atoms with E-state index in [2.05, 4.69) is 23.4 Å². The van der Waals surface area contributed by atoms with Crippen LogP contribution < -0.4 is 5.32 Å². The number of ether oxygens (including phenoxy) is 1. The van der Waals surface area contributed by atoms with Crippen molar-refractivity contribution in [3.8, 4) is 0 Å². The highest BCUT2D eigenvalue weighted by molar-refractivity contribution is 5.21. The Balaban J connectivity index is 1.86. The van der Waals surface area contributed by atoms with E-state index in [0.29, 0.717) is 0 Å². The Labute approximate surface area is 122 Å². The summed E-state index contributed by atoms with van der Waals surface area (Å²) in [5, 5.41) is 3.53. The summed E-state index contributed by atoms with van der Waals surface area (Å²) < 4.78 is 5.07. The summed E-state index contributed by atoms with van der Waals surface area (Å²) in [6.45, 7) is 5.24. The molecule has 0 spiro atoms. The van der Waals surface area contributed by atoms with E-state index in [1.807, 2.05) is 0 Å². The molecular weight excluding hydrogens is 250 g/mol. The zero-order chi connectivity index (χ0) is 14.2. The Kier molecular flexibility index (Phi) is 6.40. The lowest BCUT2D eigenvalue weighted by atomic mass is 9.87. The number of nitrogens with one attached hydrogen (secondary N) is 1. The fraction of sp³-hybridized carbons (Fsp3) is 0.750. The molecule has 4 heteroatoms. The summed E-state index contributed by atoms with van der Waals surface area (Å²) in [6.07, 6.45) is 8.66. The molecule has 4 nitrogen and oxygen atoms in total. The number of methoxy groups -OCH3 is 1. The fourth-order valence-corrected chi connectivity index (χ4v) is 2.78. The molecule has 1 atom stereocenters. The summed E-state index contributed by atoms with van der Waals surface area (Å²) in [7, 11) is 1.74. The molecule has 1 unspecified atom stereocenters. The average molecular weight is 277 g/mol. The van der Waals surface area contributed by atoms with Gasteiger partial charge in [0.25, 0.3) is 0 Å². The van der Waals surface area contributed by atoms with E-state index in [9.17, 15) is 0 Å². The predicted octanol–water partition coefficient (Wildman–Crippen LogP) is 2.16. The van der Waals surface area contributed by atoms with Crippen molar-refractivity contribution in [2.45, 2.75) is 45.4 Å². The third-order valence-corrected chi connectivity index (χ3v) is 3.91. The maximum absolute atomic E-state index is 5.07. The van der Waals surface area contributed by atoms with Crippen molar-refractivity contribution >= 4 is 0 Å². The van der Waals surface area contributed by atoms with Gasteiger partial charge >= 0.3 is 0 Å². The Bertz CT molecular complexity index is 409. The highest BCUT2D eigenvalue weighted by Gasteiger charge is 2.20. The minimum absolute atomic E-state index is 0.747. The molecule has 112 valence electrons. The van der Waals surface area contributed by atoms with Gasteiger partial charge in [-0.05, 0) is 56.7 Å². The number of rotatable bonds is 8. The number of hydrogen-bond acceptors (Lipinski definition) is 4. The number of fused-ring (bicyclic) bond motifs is 1. The van der Waals surface area contributed by atoms with Gasteiger partial charge in [-0.2, -0.15) is 0 Å². The van der Waals surface area contributed by atoms with Crippen LogP contribution in [0.3, 0.4) is 0 Å². The summed E-state index contributed by atoms with van der Waals surface area (Å²) in [4.78, 5) is 9.24. The maximum Gasteiger partial charge on any atom is 0.128 e. The molecule has 1 aromatic rings. The standard InChI is InChI=1S/C16H27N3O/c1-3-8-17-11-13-6-7-15-14(10-13)12-18-16(19-15)5-4-9-20-2/h12-13,17H,3-11H2,1-2H3. The lowest BCUT2D eigenvalue weighted by molar-refractivity contribution is 0.194. The monoisotopic (exact) mass is 277 g/mol. The third kappa shape index (κ3) is 4.53. The second-order valence-corrected chi connectivity index (χ2v) is 5.67. The largest absolute Gasteiger partial charge is 0.385 e. The molecule has 0 saturated heterocycles. The molecule has 0 amide bonds. The molecule has 0 aromatic carbocycles. The molecule has 0 fully saturated rings. The molecule has 20 heavy (non-hydrogen) atoms.